The molecule has 1 aromatic carbocycles. The summed E-state index contributed by atoms with van der Waals surface area (Å²) in [6.07, 6.45) is -6.20. The normalized spacial score (nSPS) is 17.3. The number of aliphatic hydroxyl groups excluding tert-OH is 1. The van der Waals surface area contributed by atoms with E-state index in [0.717, 1.165) is 6.07 Å². The molecule has 2 nitrogen and oxygen atoms in total. The van der Waals surface area contributed by atoms with E-state index < -0.39 is 29.3 Å². The molecule has 0 aromatic heterocycles. The summed E-state index contributed by atoms with van der Waals surface area (Å²) in [6.45, 7) is 2.88. The average Bonchev–Trinajstić information content (AvgIpc) is 2.27. The van der Waals surface area contributed by atoms with Crippen molar-refractivity contribution in [1.29, 1.82) is 0 Å². The Morgan fingerprint density at radius 3 is 2.28 bits per heavy atom. The molecule has 0 heterocycles. The predicted molar refractivity (Wildman–Crippen MR) is 57.3 cm³/mol. The van der Waals surface area contributed by atoms with E-state index in [2.05, 4.69) is 0 Å². The van der Waals surface area contributed by atoms with Gasteiger partial charge in [-0.25, -0.2) is 4.39 Å². The first-order valence-electron chi connectivity index (χ1n) is 5.36. The predicted octanol–water partition coefficient (Wildman–Crippen LogP) is 3.04. The maximum Gasteiger partial charge on any atom is 0.419 e. The van der Waals surface area contributed by atoms with Gasteiger partial charge >= 0.3 is 6.18 Å². The van der Waals surface area contributed by atoms with Crippen LogP contribution in [0, 0.1) is 5.82 Å². The topological polar surface area (TPSA) is 40.5 Å². The van der Waals surface area contributed by atoms with Crippen molar-refractivity contribution in [3.8, 4) is 0 Å². The van der Waals surface area contributed by atoms with Crippen LogP contribution >= 0.6 is 0 Å². The van der Waals surface area contributed by atoms with Gasteiger partial charge in [-0.3, -0.25) is 0 Å². The highest BCUT2D eigenvalue weighted by Gasteiger charge is 2.36. The molecule has 0 aliphatic heterocycles. The van der Waals surface area contributed by atoms with Crippen LogP contribution in [0.15, 0.2) is 18.2 Å². The lowest BCUT2D eigenvalue weighted by Crippen LogP contribution is -2.32. The molecular formula is C12H14F4O2. The van der Waals surface area contributed by atoms with Crippen LogP contribution in [-0.2, 0) is 6.18 Å². The largest absolute Gasteiger partial charge is 0.419 e. The number of hydrogen-bond donors (Lipinski definition) is 2. The minimum atomic E-state index is -4.84. The summed E-state index contributed by atoms with van der Waals surface area (Å²) in [4.78, 5) is 0. The average molecular weight is 266 g/mol. The van der Waals surface area contributed by atoms with Crippen LogP contribution in [0.5, 0.6) is 0 Å². The van der Waals surface area contributed by atoms with Crippen molar-refractivity contribution in [1.82, 2.24) is 0 Å². The number of aliphatic hydroxyl groups is 2. The minimum Gasteiger partial charge on any atom is -0.387 e. The summed E-state index contributed by atoms with van der Waals surface area (Å²) in [5, 5.41) is 19.6. The second-order valence-corrected chi connectivity index (χ2v) is 4.35. The van der Waals surface area contributed by atoms with E-state index in [1.807, 2.05) is 0 Å². The molecule has 0 fully saturated rings. The van der Waals surface area contributed by atoms with Gasteiger partial charge in [-0.15, -0.1) is 0 Å². The van der Waals surface area contributed by atoms with Gasteiger partial charge in [-0.2, -0.15) is 13.2 Å². The van der Waals surface area contributed by atoms with Crippen LogP contribution < -0.4 is 0 Å². The Balaban J connectivity index is 3.21. The molecular weight excluding hydrogens is 252 g/mol. The molecule has 0 amide bonds. The third-order valence-electron chi connectivity index (χ3n) is 2.92. The molecule has 0 saturated heterocycles. The summed E-state index contributed by atoms with van der Waals surface area (Å²) < 4.78 is 50.5. The van der Waals surface area contributed by atoms with Crippen molar-refractivity contribution in [3.63, 3.8) is 0 Å². The fourth-order valence-electron chi connectivity index (χ4n) is 1.48. The lowest BCUT2D eigenvalue weighted by molar-refractivity contribution is -0.140. The van der Waals surface area contributed by atoms with E-state index in [0.29, 0.717) is 12.1 Å². The first-order chi connectivity index (χ1) is 8.09. The maximum atomic E-state index is 13.0. The molecule has 2 N–H and O–H groups in total. The summed E-state index contributed by atoms with van der Waals surface area (Å²) in [6, 6.07) is 2.18. The molecule has 0 radical (unpaired) electrons. The second kappa shape index (κ2) is 4.85. The Bertz CT molecular complexity index is 427. The molecule has 0 saturated carbocycles. The Morgan fingerprint density at radius 1 is 1.28 bits per heavy atom. The van der Waals surface area contributed by atoms with Gasteiger partial charge < -0.3 is 10.2 Å². The maximum absolute atomic E-state index is 13.0. The van der Waals surface area contributed by atoms with Crippen LogP contribution in [0.3, 0.4) is 0 Å². The summed E-state index contributed by atoms with van der Waals surface area (Å²) in [5.41, 5.74) is -3.19. The zero-order valence-electron chi connectivity index (χ0n) is 9.92. The van der Waals surface area contributed by atoms with E-state index in [1.54, 1.807) is 6.92 Å². The second-order valence-electron chi connectivity index (χ2n) is 4.35. The van der Waals surface area contributed by atoms with Gasteiger partial charge in [0.05, 0.1) is 11.2 Å². The molecule has 102 valence electrons. The SMILES string of the molecule is CCC(C)(O)C(O)c1ccc(F)c(C(F)(F)F)c1. The summed E-state index contributed by atoms with van der Waals surface area (Å²) in [5.74, 6) is -1.41. The molecule has 0 aliphatic carbocycles. The van der Waals surface area contributed by atoms with E-state index in [-0.39, 0.29) is 12.0 Å². The number of halogens is 4. The van der Waals surface area contributed by atoms with E-state index in [1.165, 1.54) is 6.92 Å². The fourth-order valence-corrected chi connectivity index (χ4v) is 1.48. The number of benzene rings is 1. The van der Waals surface area contributed by atoms with Crippen LogP contribution in [-0.4, -0.2) is 15.8 Å². The van der Waals surface area contributed by atoms with Crippen molar-refractivity contribution in [2.45, 2.75) is 38.1 Å². The molecule has 6 heteroatoms. The highest BCUT2D eigenvalue weighted by molar-refractivity contribution is 5.30. The van der Waals surface area contributed by atoms with Crippen molar-refractivity contribution in [2.24, 2.45) is 0 Å². The molecule has 0 aliphatic rings. The van der Waals surface area contributed by atoms with Gasteiger partial charge in [0.1, 0.15) is 11.9 Å². The van der Waals surface area contributed by atoms with Gasteiger partial charge in [0.15, 0.2) is 0 Å². The quantitative estimate of drug-likeness (QED) is 0.825. The van der Waals surface area contributed by atoms with Crippen LogP contribution in [0.1, 0.15) is 37.5 Å². The Morgan fingerprint density at radius 2 is 1.83 bits per heavy atom. The Hall–Kier alpha value is -1.14. The standard InChI is InChI=1S/C12H14F4O2/c1-3-11(2,18)10(17)7-4-5-9(13)8(6-7)12(14,15)16/h4-6,10,17-18H,3H2,1-2H3. The highest BCUT2D eigenvalue weighted by Crippen LogP contribution is 2.35. The number of hydrogen-bond acceptors (Lipinski definition) is 2. The highest BCUT2D eigenvalue weighted by atomic mass is 19.4. The lowest BCUT2D eigenvalue weighted by atomic mass is 9.90. The van der Waals surface area contributed by atoms with Gasteiger partial charge in [0, 0.05) is 0 Å². The lowest BCUT2D eigenvalue weighted by Gasteiger charge is -2.28. The van der Waals surface area contributed by atoms with E-state index in [9.17, 15) is 27.8 Å². The Labute approximate surface area is 102 Å². The van der Waals surface area contributed by atoms with Gasteiger partial charge in [0.25, 0.3) is 0 Å². The zero-order chi connectivity index (χ0) is 14.1. The monoisotopic (exact) mass is 266 g/mol. The number of alkyl halides is 3. The number of rotatable bonds is 3. The van der Waals surface area contributed by atoms with Crippen molar-refractivity contribution < 1.29 is 27.8 Å². The summed E-state index contributed by atoms with van der Waals surface area (Å²) >= 11 is 0. The van der Waals surface area contributed by atoms with E-state index in [4.69, 9.17) is 0 Å². The molecule has 1 aromatic rings. The van der Waals surface area contributed by atoms with Gasteiger partial charge in [-0.1, -0.05) is 13.0 Å². The first-order valence-corrected chi connectivity index (χ1v) is 5.36. The summed E-state index contributed by atoms with van der Waals surface area (Å²) in [7, 11) is 0. The van der Waals surface area contributed by atoms with Crippen LogP contribution in [0.25, 0.3) is 0 Å². The first kappa shape index (κ1) is 14.9. The Kier molecular flexibility index (Phi) is 4.02. The minimum absolute atomic E-state index is 0.146. The molecule has 2 unspecified atom stereocenters. The third-order valence-corrected chi connectivity index (χ3v) is 2.92. The van der Waals surface area contributed by atoms with Crippen molar-refractivity contribution >= 4 is 0 Å². The zero-order valence-corrected chi connectivity index (χ0v) is 9.92. The van der Waals surface area contributed by atoms with Crippen LogP contribution in [0.4, 0.5) is 17.6 Å². The van der Waals surface area contributed by atoms with Crippen molar-refractivity contribution in [3.05, 3.63) is 35.1 Å². The molecule has 2 atom stereocenters. The smallest absolute Gasteiger partial charge is 0.387 e. The fraction of sp³-hybridized carbons (Fsp3) is 0.500. The molecule has 18 heavy (non-hydrogen) atoms. The third kappa shape index (κ3) is 3.00. The van der Waals surface area contributed by atoms with Gasteiger partial charge in [-0.05, 0) is 31.0 Å². The van der Waals surface area contributed by atoms with E-state index >= 15 is 0 Å². The van der Waals surface area contributed by atoms with Crippen LogP contribution in [0.2, 0.25) is 0 Å². The van der Waals surface area contributed by atoms with Gasteiger partial charge in [0.2, 0.25) is 0 Å². The molecule has 0 spiro atoms. The molecule has 1 rings (SSSR count). The van der Waals surface area contributed by atoms with Crippen molar-refractivity contribution in [2.75, 3.05) is 0 Å². The molecule has 0 bridgehead atoms.